The lowest BCUT2D eigenvalue weighted by molar-refractivity contribution is -0.0404. The Bertz CT molecular complexity index is 814. The summed E-state index contributed by atoms with van der Waals surface area (Å²) < 4.78 is 0. The number of carbonyl (C=O) groups is 1. The second-order valence-corrected chi connectivity index (χ2v) is 8.47. The normalized spacial score (nSPS) is 26.0. The van der Waals surface area contributed by atoms with Gasteiger partial charge in [-0.05, 0) is 50.3 Å². The van der Waals surface area contributed by atoms with Gasteiger partial charge in [0.25, 0.3) is 5.91 Å². The lowest BCUT2D eigenvalue weighted by Crippen LogP contribution is -2.62. The van der Waals surface area contributed by atoms with Crippen LogP contribution < -0.4 is 5.32 Å². The summed E-state index contributed by atoms with van der Waals surface area (Å²) in [4.78, 5) is 19.6. The summed E-state index contributed by atoms with van der Waals surface area (Å²) in [7, 11) is 2.18. The molecule has 2 saturated heterocycles. The molecule has 1 N–H and O–H groups in total. The topological polar surface area (TPSA) is 45.2 Å². The second kappa shape index (κ2) is 7.42. The second-order valence-electron chi connectivity index (χ2n) is 7.70. The minimum absolute atomic E-state index is 0.0904. The molecule has 2 aromatic rings. The highest BCUT2D eigenvalue weighted by molar-refractivity contribution is 6.38. The molecule has 1 amide bonds. The SMILES string of the molecule is CN1CC2CCC1(C(NC(=O)c1c(Cl)ccnc1Cl)c1ccccc1)CC2. The van der Waals surface area contributed by atoms with E-state index in [1.165, 1.54) is 19.0 Å². The molecule has 0 spiro atoms. The van der Waals surface area contributed by atoms with Crippen LogP contribution in [0.15, 0.2) is 42.6 Å². The van der Waals surface area contributed by atoms with E-state index >= 15 is 0 Å². The number of hydrogen-bond acceptors (Lipinski definition) is 3. The largest absolute Gasteiger partial charge is 0.343 e. The molecule has 1 atom stereocenters. The number of nitrogens with one attached hydrogen (secondary N) is 1. The fourth-order valence-corrected chi connectivity index (χ4v) is 5.34. The molecule has 3 fully saturated rings. The summed E-state index contributed by atoms with van der Waals surface area (Å²) in [6.07, 6.45) is 6.06. The van der Waals surface area contributed by atoms with E-state index in [0.29, 0.717) is 5.02 Å². The Hall–Kier alpha value is -1.62. The zero-order chi connectivity index (χ0) is 19.0. The van der Waals surface area contributed by atoms with Gasteiger partial charge < -0.3 is 5.32 Å². The highest BCUT2D eigenvalue weighted by Gasteiger charge is 2.50. The third-order valence-corrected chi connectivity index (χ3v) is 6.89. The van der Waals surface area contributed by atoms with Crippen molar-refractivity contribution in [1.29, 1.82) is 0 Å². The van der Waals surface area contributed by atoms with Crippen molar-refractivity contribution in [3.8, 4) is 0 Å². The molecular formula is C21H23Cl2N3O. The van der Waals surface area contributed by atoms with Crippen molar-refractivity contribution in [3.63, 3.8) is 0 Å². The van der Waals surface area contributed by atoms with Crippen molar-refractivity contribution < 1.29 is 4.79 Å². The molecule has 1 aromatic carbocycles. The number of hydrogen-bond donors (Lipinski definition) is 1. The molecule has 142 valence electrons. The summed E-state index contributed by atoms with van der Waals surface area (Å²) in [6.45, 7) is 1.08. The van der Waals surface area contributed by atoms with Gasteiger partial charge in [0.05, 0.1) is 16.6 Å². The van der Waals surface area contributed by atoms with Crippen molar-refractivity contribution in [3.05, 3.63) is 63.9 Å². The number of likely N-dealkylation sites (N-methyl/N-ethyl adjacent to an activating group) is 1. The number of piperidine rings is 2. The Morgan fingerprint density at radius 3 is 2.56 bits per heavy atom. The van der Waals surface area contributed by atoms with Gasteiger partial charge in [-0.25, -0.2) is 4.98 Å². The molecule has 2 aliphatic heterocycles. The molecular weight excluding hydrogens is 381 g/mol. The van der Waals surface area contributed by atoms with E-state index in [-0.39, 0.29) is 28.2 Å². The number of nitrogens with zero attached hydrogens (tertiary/aromatic N) is 2. The fraction of sp³-hybridized carbons (Fsp3) is 0.429. The first-order valence-corrected chi connectivity index (χ1v) is 10.1. The van der Waals surface area contributed by atoms with Gasteiger partial charge in [-0.15, -0.1) is 0 Å². The zero-order valence-electron chi connectivity index (χ0n) is 15.3. The molecule has 3 heterocycles. The summed E-state index contributed by atoms with van der Waals surface area (Å²) >= 11 is 12.4. The zero-order valence-corrected chi connectivity index (χ0v) is 16.8. The maximum absolute atomic E-state index is 13.2. The Morgan fingerprint density at radius 1 is 1.22 bits per heavy atom. The van der Waals surface area contributed by atoms with Crippen LogP contribution >= 0.6 is 23.2 Å². The van der Waals surface area contributed by atoms with E-state index < -0.39 is 0 Å². The van der Waals surface area contributed by atoms with Crippen LogP contribution in [0.4, 0.5) is 0 Å². The van der Waals surface area contributed by atoms with E-state index in [0.717, 1.165) is 30.9 Å². The van der Waals surface area contributed by atoms with Crippen LogP contribution in [0, 0.1) is 5.92 Å². The number of aromatic nitrogens is 1. The molecule has 1 aromatic heterocycles. The summed E-state index contributed by atoms with van der Waals surface area (Å²) in [5, 5.41) is 3.71. The monoisotopic (exact) mass is 403 g/mol. The van der Waals surface area contributed by atoms with Gasteiger partial charge in [0.1, 0.15) is 5.15 Å². The van der Waals surface area contributed by atoms with E-state index in [2.05, 4.69) is 34.4 Å². The van der Waals surface area contributed by atoms with E-state index in [4.69, 9.17) is 23.2 Å². The van der Waals surface area contributed by atoms with E-state index in [9.17, 15) is 4.79 Å². The molecule has 6 heteroatoms. The fourth-order valence-electron chi connectivity index (χ4n) is 4.81. The van der Waals surface area contributed by atoms with Gasteiger partial charge in [-0.2, -0.15) is 0 Å². The van der Waals surface area contributed by atoms with Crippen LogP contribution in [-0.4, -0.2) is 34.9 Å². The van der Waals surface area contributed by atoms with Crippen LogP contribution in [-0.2, 0) is 0 Å². The Labute approximate surface area is 169 Å². The Kier molecular flexibility index (Phi) is 5.15. The minimum atomic E-state index is -0.276. The van der Waals surface area contributed by atoms with Crippen LogP contribution in [0.2, 0.25) is 10.2 Å². The van der Waals surface area contributed by atoms with Crippen LogP contribution in [0.1, 0.15) is 47.6 Å². The molecule has 1 unspecified atom stereocenters. The van der Waals surface area contributed by atoms with Gasteiger partial charge in [-0.1, -0.05) is 53.5 Å². The van der Waals surface area contributed by atoms with Crippen molar-refractivity contribution in [1.82, 2.24) is 15.2 Å². The molecule has 0 radical (unpaired) electrons. The van der Waals surface area contributed by atoms with Gasteiger partial charge >= 0.3 is 0 Å². The molecule has 2 bridgehead atoms. The molecule has 3 aliphatic rings. The molecule has 1 saturated carbocycles. The maximum atomic E-state index is 13.2. The van der Waals surface area contributed by atoms with Gasteiger partial charge in [0.15, 0.2) is 0 Å². The number of carbonyl (C=O) groups excluding carboxylic acids is 1. The first-order chi connectivity index (χ1) is 13.0. The summed E-state index contributed by atoms with van der Waals surface area (Å²) in [6, 6.07) is 11.7. The Morgan fingerprint density at radius 2 is 1.93 bits per heavy atom. The first-order valence-electron chi connectivity index (χ1n) is 9.38. The van der Waals surface area contributed by atoms with Crippen LogP contribution in [0.5, 0.6) is 0 Å². The Balaban J connectivity index is 1.72. The number of benzene rings is 1. The summed E-state index contributed by atoms with van der Waals surface area (Å²) in [5.41, 5.74) is 1.26. The predicted octanol–water partition coefficient (Wildman–Crippen LogP) is 4.73. The third-order valence-electron chi connectivity index (χ3n) is 6.29. The number of halogens is 2. The van der Waals surface area contributed by atoms with Crippen LogP contribution in [0.3, 0.4) is 0 Å². The van der Waals surface area contributed by atoms with Crippen molar-refractivity contribution >= 4 is 29.1 Å². The van der Waals surface area contributed by atoms with Crippen LogP contribution in [0.25, 0.3) is 0 Å². The number of pyridine rings is 1. The number of rotatable bonds is 4. The summed E-state index contributed by atoms with van der Waals surface area (Å²) in [5.74, 6) is 0.494. The highest BCUT2D eigenvalue weighted by Crippen LogP contribution is 2.49. The van der Waals surface area contributed by atoms with E-state index in [1.807, 2.05) is 18.2 Å². The van der Waals surface area contributed by atoms with Gasteiger partial charge in [0, 0.05) is 18.3 Å². The molecule has 1 aliphatic carbocycles. The number of fused-ring (bicyclic) bond motifs is 3. The lowest BCUT2D eigenvalue weighted by Gasteiger charge is -2.57. The lowest BCUT2D eigenvalue weighted by atomic mass is 9.66. The maximum Gasteiger partial charge on any atom is 0.256 e. The van der Waals surface area contributed by atoms with Crippen molar-refractivity contribution in [2.75, 3.05) is 13.6 Å². The van der Waals surface area contributed by atoms with Gasteiger partial charge in [-0.3, -0.25) is 9.69 Å². The average Bonchev–Trinajstić information content (AvgIpc) is 2.67. The molecule has 4 nitrogen and oxygen atoms in total. The van der Waals surface area contributed by atoms with Crippen molar-refractivity contribution in [2.45, 2.75) is 37.3 Å². The quantitative estimate of drug-likeness (QED) is 0.750. The van der Waals surface area contributed by atoms with E-state index in [1.54, 1.807) is 6.07 Å². The molecule has 5 rings (SSSR count). The predicted molar refractivity (Wildman–Crippen MR) is 108 cm³/mol. The third kappa shape index (κ3) is 3.35. The first kappa shape index (κ1) is 18.7. The highest BCUT2D eigenvalue weighted by atomic mass is 35.5. The number of amides is 1. The average molecular weight is 404 g/mol. The van der Waals surface area contributed by atoms with Crippen molar-refractivity contribution in [2.24, 2.45) is 5.92 Å². The minimum Gasteiger partial charge on any atom is -0.343 e. The molecule has 27 heavy (non-hydrogen) atoms. The van der Waals surface area contributed by atoms with Gasteiger partial charge in [0.2, 0.25) is 0 Å². The standard InChI is InChI=1S/C21H23Cl2N3O/c1-26-13-14-7-10-21(26,11-8-14)18(15-5-3-2-4-6-15)25-20(27)17-16(22)9-12-24-19(17)23/h2-6,9,12,14,18H,7-8,10-11,13H2,1H3,(H,25,27). The smallest absolute Gasteiger partial charge is 0.256 e.